The van der Waals surface area contributed by atoms with Crippen LogP contribution in [-0.2, 0) is 11.8 Å². The van der Waals surface area contributed by atoms with Crippen LogP contribution in [0.15, 0.2) is 52.0 Å². The Labute approximate surface area is 182 Å². The fraction of sp³-hybridized carbons (Fsp3) is 0.208. The maximum absolute atomic E-state index is 13.4. The Balaban J connectivity index is 1.76. The molecule has 1 atom stereocenters. The van der Waals surface area contributed by atoms with Crippen LogP contribution < -0.4 is 14.9 Å². The van der Waals surface area contributed by atoms with E-state index in [1.807, 2.05) is 14.0 Å². The number of phenols is 1. The molecule has 1 aliphatic heterocycles. The highest BCUT2D eigenvalue weighted by molar-refractivity contribution is 5.94. The lowest BCUT2D eigenvalue weighted by Crippen LogP contribution is -2.22. The third-order valence-electron chi connectivity index (χ3n) is 6.02. The molecular formula is C24H20N2O6. The lowest BCUT2D eigenvalue weighted by atomic mass is 9.85. The second-order valence-corrected chi connectivity index (χ2v) is 7.76. The van der Waals surface area contributed by atoms with Gasteiger partial charge in [0.15, 0.2) is 0 Å². The van der Waals surface area contributed by atoms with E-state index in [2.05, 4.69) is 5.10 Å². The number of carbonyl (C=O) groups excluding carboxylic acids is 1. The minimum absolute atomic E-state index is 0.0431. The highest BCUT2D eigenvalue weighted by atomic mass is 16.5. The molecule has 0 unspecified atom stereocenters. The zero-order valence-electron chi connectivity index (χ0n) is 17.7. The van der Waals surface area contributed by atoms with Crippen LogP contribution in [0.25, 0.3) is 22.1 Å². The average Bonchev–Trinajstić information content (AvgIpc) is 3.11. The molecule has 4 aromatic rings. The van der Waals surface area contributed by atoms with Crippen LogP contribution in [0.3, 0.4) is 0 Å². The summed E-state index contributed by atoms with van der Waals surface area (Å²) in [6.45, 7) is 1.91. The van der Waals surface area contributed by atoms with Crippen LogP contribution in [0.1, 0.15) is 29.2 Å². The molecule has 0 amide bonds. The van der Waals surface area contributed by atoms with E-state index in [0.717, 1.165) is 11.3 Å². The van der Waals surface area contributed by atoms with Crippen molar-refractivity contribution in [1.82, 2.24) is 9.78 Å². The van der Waals surface area contributed by atoms with Crippen molar-refractivity contribution in [2.45, 2.75) is 19.3 Å². The molecule has 0 fully saturated rings. The first-order valence-electron chi connectivity index (χ1n) is 10.0. The predicted molar refractivity (Wildman–Crippen MR) is 116 cm³/mol. The SMILES string of the molecule is COc1ccc(-c2coc3c4c(cc(O)c3c2=O)OC(=O)C[C@H]4c2cnn(C)c2C)cc1. The van der Waals surface area contributed by atoms with Crippen LogP contribution in [-0.4, -0.2) is 28.0 Å². The third kappa shape index (κ3) is 2.95. The molecule has 1 N–H and O–H groups in total. The van der Waals surface area contributed by atoms with Crippen molar-refractivity contribution in [3.8, 4) is 28.4 Å². The number of esters is 1. The Hall–Kier alpha value is -4.07. The van der Waals surface area contributed by atoms with E-state index in [9.17, 15) is 14.7 Å². The monoisotopic (exact) mass is 432 g/mol. The second-order valence-electron chi connectivity index (χ2n) is 7.76. The second kappa shape index (κ2) is 7.26. The molecule has 2 aromatic heterocycles. The number of ether oxygens (including phenoxy) is 2. The van der Waals surface area contributed by atoms with E-state index in [4.69, 9.17) is 13.9 Å². The minimum atomic E-state index is -0.429. The van der Waals surface area contributed by atoms with Crippen molar-refractivity contribution in [2.75, 3.05) is 7.11 Å². The van der Waals surface area contributed by atoms with E-state index < -0.39 is 11.9 Å². The first-order chi connectivity index (χ1) is 15.4. The van der Waals surface area contributed by atoms with Crippen molar-refractivity contribution >= 4 is 16.9 Å². The molecule has 0 spiro atoms. The molecule has 0 aliphatic carbocycles. The predicted octanol–water partition coefficient (Wildman–Crippen LogP) is 3.66. The number of fused-ring (bicyclic) bond motifs is 3. The molecule has 162 valence electrons. The molecular weight excluding hydrogens is 412 g/mol. The van der Waals surface area contributed by atoms with E-state index in [1.165, 1.54) is 12.3 Å². The Morgan fingerprint density at radius 3 is 2.62 bits per heavy atom. The van der Waals surface area contributed by atoms with Gasteiger partial charge in [-0.3, -0.25) is 14.3 Å². The number of hydrogen-bond acceptors (Lipinski definition) is 7. The normalized spacial score (nSPS) is 15.5. The standard InChI is InChI=1S/C24H20N2O6/c1-12-16(10-25-26(12)2)15-8-20(28)32-19-9-18(27)22-23(29)17(11-31-24(22)21(15)19)13-4-6-14(30-3)7-5-13/h4-7,9-11,15,27H,8H2,1-3H3/t15-/m0/s1. The highest BCUT2D eigenvalue weighted by Crippen LogP contribution is 2.46. The van der Waals surface area contributed by atoms with Gasteiger partial charge in [-0.15, -0.1) is 0 Å². The van der Waals surface area contributed by atoms with Crippen molar-refractivity contribution in [3.63, 3.8) is 0 Å². The van der Waals surface area contributed by atoms with Crippen molar-refractivity contribution in [2.24, 2.45) is 7.05 Å². The maximum atomic E-state index is 13.4. The van der Waals surface area contributed by atoms with E-state index in [0.29, 0.717) is 22.4 Å². The molecule has 0 saturated heterocycles. The molecule has 0 radical (unpaired) electrons. The molecule has 1 aliphatic rings. The Morgan fingerprint density at radius 2 is 1.97 bits per heavy atom. The molecule has 32 heavy (non-hydrogen) atoms. The van der Waals surface area contributed by atoms with E-state index in [1.54, 1.807) is 42.3 Å². The summed E-state index contributed by atoms with van der Waals surface area (Å²) in [5, 5.41) is 15.0. The summed E-state index contributed by atoms with van der Waals surface area (Å²) in [6.07, 6.45) is 3.14. The highest BCUT2D eigenvalue weighted by Gasteiger charge is 2.35. The topological polar surface area (TPSA) is 104 Å². The van der Waals surface area contributed by atoms with Crippen LogP contribution in [0.4, 0.5) is 0 Å². The Morgan fingerprint density at radius 1 is 1.22 bits per heavy atom. The Bertz CT molecular complexity index is 1430. The number of rotatable bonds is 3. The van der Waals surface area contributed by atoms with E-state index in [-0.39, 0.29) is 34.3 Å². The number of methoxy groups -OCH3 is 1. The first kappa shape index (κ1) is 19.9. The minimum Gasteiger partial charge on any atom is -0.507 e. The number of hydrogen-bond donors (Lipinski definition) is 1. The fourth-order valence-electron chi connectivity index (χ4n) is 4.23. The summed E-state index contributed by atoms with van der Waals surface area (Å²) < 4.78 is 18.2. The summed E-state index contributed by atoms with van der Waals surface area (Å²) >= 11 is 0. The summed E-state index contributed by atoms with van der Waals surface area (Å²) in [5.74, 6) is -0.314. The summed E-state index contributed by atoms with van der Waals surface area (Å²) in [4.78, 5) is 25.7. The number of aromatic nitrogens is 2. The summed E-state index contributed by atoms with van der Waals surface area (Å²) in [6, 6.07) is 8.28. The zero-order chi connectivity index (χ0) is 22.6. The zero-order valence-corrected chi connectivity index (χ0v) is 17.7. The largest absolute Gasteiger partial charge is 0.507 e. The van der Waals surface area contributed by atoms with Gasteiger partial charge >= 0.3 is 5.97 Å². The summed E-state index contributed by atoms with van der Waals surface area (Å²) in [5.41, 5.74) is 3.01. The van der Waals surface area contributed by atoms with Gasteiger partial charge < -0.3 is 19.0 Å². The van der Waals surface area contributed by atoms with E-state index >= 15 is 0 Å². The van der Waals surface area contributed by atoms with Gasteiger partial charge in [0.05, 0.1) is 25.3 Å². The molecule has 5 rings (SSSR count). The van der Waals surface area contributed by atoms with Crippen molar-refractivity contribution < 1.29 is 23.8 Å². The van der Waals surface area contributed by atoms with Gasteiger partial charge in [0, 0.05) is 35.9 Å². The van der Waals surface area contributed by atoms with Crippen LogP contribution in [0.5, 0.6) is 17.2 Å². The molecule has 3 heterocycles. The number of phenolic OH excluding ortho intramolecular Hbond substituents is 1. The Kier molecular flexibility index (Phi) is 4.51. The van der Waals surface area contributed by atoms with Gasteiger partial charge in [-0.05, 0) is 24.6 Å². The van der Waals surface area contributed by atoms with Crippen molar-refractivity contribution in [1.29, 1.82) is 0 Å². The van der Waals surface area contributed by atoms with Gasteiger partial charge in [0.25, 0.3) is 0 Å². The average molecular weight is 432 g/mol. The lowest BCUT2D eigenvalue weighted by molar-refractivity contribution is -0.135. The quantitative estimate of drug-likeness (QED) is 0.389. The summed E-state index contributed by atoms with van der Waals surface area (Å²) in [7, 11) is 3.38. The van der Waals surface area contributed by atoms with Crippen LogP contribution in [0, 0.1) is 6.92 Å². The number of benzene rings is 2. The molecule has 0 saturated carbocycles. The third-order valence-corrected chi connectivity index (χ3v) is 6.02. The van der Waals surface area contributed by atoms with Gasteiger partial charge in [0.1, 0.15) is 34.5 Å². The number of aryl methyl sites for hydroxylation is 1. The number of nitrogens with zero attached hydrogens (tertiary/aromatic N) is 2. The van der Waals surface area contributed by atoms with Gasteiger partial charge in [-0.1, -0.05) is 12.1 Å². The lowest BCUT2D eigenvalue weighted by Gasteiger charge is -2.25. The molecule has 8 heteroatoms. The van der Waals surface area contributed by atoms with Gasteiger partial charge in [0.2, 0.25) is 5.43 Å². The number of aromatic hydroxyl groups is 1. The smallest absolute Gasteiger partial charge is 0.312 e. The van der Waals surface area contributed by atoms with Crippen molar-refractivity contribution in [3.05, 3.63) is 69.8 Å². The molecule has 2 aromatic carbocycles. The maximum Gasteiger partial charge on any atom is 0.312 e. The van der Waals surface area contributed by atoms with Gasteiger partial charge in [-0.25, -0.2) is 0 Å². The molecule has 8 nitrogen and oxygen atoms in total. The fourth-order valence-corrected chi connectivity index (χ4v) is 4.23. The first-order valence-corrected chi connectivity index (χ1v) is 10.0. The number of carbonyl (C=O) groups is 1. The van der Waals surface area contributed by atoms with Crippen LogP contribution in [0.2, 0.25) is 0 Å². The van der Waals surface area contributed by atoms with Gasteiger partial charge in [-0.2, -0.15) is 5.10 Å². The van der Waals surface area contributed by atoms with Crippen LogP contribution >= 0.6 is 0 Å². The molecule has 0 bridgehead atoms.